The Kier molecular flexibility index (Phi) is 7.62. The number of ether oxygens (including phenoxy) is 1. The van der Waals surface area contributed by atoms with E-state index in [2.05, 4.69) is 5.32 Å². The van der Waals surface area contributed by atoms with Crippen molar-refractivity contribution < 1.29 is 13.2 Å². The molecule has 0 radical (unpaired) electrons. The number of hydrogen-bond donors (Lipinski definition) is 1. The van der Waals surface area contributed by atoms with Crippen molar-refractivity contribution in [2.24, 2.45) is 0 Å². The van der Waals surface area contributed by atoms with Crippen LogP contribution in [-0.2, 0) is 21.3 Å². The van der Waals surface area contributed by atoms with Gasteiger partial charge in [0.15, 0.2) is 0 Å². The van der Waals surface area contributed by atoms with Crippen LogP contribution in [-0.4, -0.2) is 46.1 Å². The minimum absolute atomic E-state index is 0.249. The van der Waals surface area contributed by atoms with Gasteiger partial charge in [0.1, 0.15) is 0 Å². The second-order valence-corrected chi connectivity index (χ2v) is 7.01. The number of rotatable bonds is 9. The van der Waals surface area contributed by atoms with E-state index in [1.165, 1.54) is 10.4 Å². The Morgan fingerprint density at radius 2 is 2.05 bits per heavy atom. The van der Waals surface area contributed by atoms with Crippen LogP contribution < -0.4 is 5.32 Å². The van der Waals surface area contributed by atoms with Gasteiger partial charge in [0, 0.05) is 31.8 Å². The molecular formula is C14H23ClN2O3S. The molecule has 5 nitrogen and oxygen atoms in total. The molecule has 1 aromatic carbocycles. The molecule has 7 heteroatoms. The van der Waals surface area contributed by atoms with Crippen molar-refractivity contribution in [2.45, 2.75) is 25.3 Å². The molecule has 0 spiro atoms. The molecule has 120 valence electrons. The van der Waals surface area contributed by atoms with Crippen molar-refractivity contribution >= 4 is 21.6 Å². The van der Waals surface area contributed by atoms with Crippen LogP contribution in [0.4, 0.5) is 0 Å². The van der Waals surface area contributed by atoms with Gasteiger partial charge >= 0.3 is 0 Å². The first-order valence-electron chi connectivity index (χ1n) is 6.96. The maximum atomic E-state index is 12.5. The second kappa shape index (κ2) is 8.70. The van der Waals surface area contributed by atoms with E-state index in [0.717, 1.165) is 12.1 Å². The number of hydrogen-bond acceptors (Lipinski definition) is 4. The van der Waals surface area contributed by atoms with Crippen molar-refractivity contribution in [1.82, 2.24) is 9.62 Å². The maximum absolute atomic E-state index is 12.5. The molecule has 1 N–H and O–H groups in total. The average Bonchev–Trinajstić information content (AvgIpc) is 2.46. The SMILES string of the molecule is CCNCc1cc(S(=O)(=O)N(C)CCOCC)ccc1Cl. The number of benzene rings is 1. The maximum Gasteiger partial charge on any atom is 0.242 e. The predicted octanol–water partition coefficient (Wildman–Crippen LogP) is 2.11. The third kappa shape index (κ3) is 5.23. The molecule has 1 rings (SSSR count). The Balaban J connectivity index is 2.92. The van der Waals surface area contributed by atoms with Gasteiger partial charge in [-0.05, 0) is 37.2 Å². The largest absolute Gasteiger partial charge is 0.380 e. The Morgan fingerprint density at radius 3 is 2.67 bits per heavy atom. The van der Waals surface area contributed by atoms with Gasteiger partial charge in [-0.1, -0.05) is 18.5 Å². The fraction of sp³-hybridized carbons (Fsp3) is 0.571. The molecule has 0 atom stereocenters. The zero-order valence-corrected chi connectivity index (χ0v) is 14.3. The minimum atomic E-state index is -3.52. The summed E-state index contributed by atoms with van der Waals surface area (Å²) < 4.78 is 31.4. The van der Waals surface area contributed by atoms with Crippen LogP contribution in [0.2, 0.25) is 5.02 Å². The predicted molar refractivity (Wildman–Crippen MR) is 85.1 cm³/mol. The monoisotopic (exact) mass is 334 g/mol. The summed E-state index contributed by atoms with van der Waals surface area (Å²) in [5.41, 5.74) is 0.776. The summed E-state index contributed by atoms with van der Waals surface area (Å²) in [6.07, 6.45) is 0. The van der Waals surface area contributed by atoms with Crippen LogP contribution in [0.5, 0.6) is 0 Å². The Morgan fingerprint density at radius 1 is 1.33 bits per heavy atom. The summed E-state index contributed by atoms with van der Waals surface area (Å²) in [5.74, 6) is 0. The molecule has 0 bridgehead atoms. The normalized spacial score (nSPS) is 12.0. The van der Waals surface area contributed by atoms with Gasteiger partial charge < -0.3 is 10.1 Å². The highest BCUT2D eigenvalue weighted by Gasteiger charge is 2.21. The van der Waals surface area contributed by atoms with Gasteiger partial charge in [-0.25, -0.2) is 8.42 Å². The highest BCUT2D eigenvalue weighted by molar-refractivity contribution is 7.89. The lowest BCUT2D eigenvalue weighted by Crippen LogP contribution is -2.30. The van der Waals surface area contributed by atoms with Crippen molar-refractivity contribution in [3.05, 3.63) is 28.8 Å². The van der Waals surface area contributed by atoms with Crippen molar-refractivity contribution in [1.29, 1.82) is 0 Å². The van der Waals surface area contributed by atoms with Crippen LogP contribution in [0.25, 0.3) is 0 Å². The van der Waals surface area contributed by atoms with Gasteiger partial charge in [-0.15, -0.1) is 0 Å². The van der Waals surface area contributed by atoms with Crippen LogP contribution >= 0.6 is 11.6 Å². The lowest BCUT2D eigenvalue weighted by Gasteiger charge is -2.18. The zero-order chi connectivity index (χ0) is 15.9. The highest BCUT2D eigenvalue weighted by atomic mass is 35.5. The molecular weight excluding hydrogens is 312 g/mol. The first-order valence-corrected chi connectivity index (χ1v) is 8.78. The molecule has 0 unspecified atom stereocenters. The molecule has 0 saturated carbocycles. The van der Waals surface area contributed by atoms with E-state index in [4.69, 9.17) is 16.3 Å². The number of halogens is 1. The first kappa shape index (κ1) is 18.4. The van der Waals surface area contributed by atoms with E-state index >= 15 is 0 Å². The van der Waals surface area contributed by atoms with Gasteiger partial charge in [0.25, 0.3) is 0 Å². The van der Waals surface area contributed by atoms with Crippen LogP contribution in [0.15, 0.2) is 23.1 Å². The van der Waals surface area contributed by atoms with Gasteiger partial charge in [-0.3, -0.25) is 0 Å². The smallest absolute Gasteiger partial charge is 0.242 e. The van der Waals surface area contributed by atoms with Crippen LogP contribution in [0.1, 0.15) is 19.4 Å². The summed E-state index contributed by atoms with van der Waals surface area (Å²) in [7, 11) is -1.97. The molecule has 0 saturated heterocycles. The lowest BCUT2D eigenvalue weighted by atomic mass is 10.2. The van der Waals surface area contributed by atoms with Crippen LogP contribution in [0, 0.1) is 0 Å². The number of sulfonamides is 1. The summed E-state index contributed by atoms with van der Waals surface area (Å²) in [5, 5.41) is 3.70. The molecule has 0 aliphatic carbocycles. The van der Waals surface area contributed by atoms with Crippen molar-refractivity contribution in [3.8, 4) is 0 Å². The Hall–Kier alpha value is -0.660. The van der Waals surface area contributed by atoms with E-state index in [9.17, 15) is 8.42 Å². The third-order valence-corrected chi connectivity index (χ3v) is 5.27. The zero-order valence-electron chi connectivity index (χ0n) is 12.7. The molecule has 0 aliphatic rings. The molecule has 0 fully saturated rings. The van der Waals surface area contributed by atoms with Crippen molar-refractivity contribution in [2.75, 3.05) is 33.4 Å². The van der Waals surface area contributed by atoms with E-state index in [1.807, 2.05) is 13.8 Å². The topological polar surface area (TPSA) is 58.6 Å². The number of likely N-dealkylation sites (N-methyl/N-ethyl adjacent to an activating group) is 1. The van der Waals surface area contributed by atoms with E-state index < -0.39 is 10.0 Å². The molecule has 0 heterocycles. The quantitative estimate of drug-likeness (QED) is 0.703. The van der Waals surface area contributed by atoms with Gasteiger partial charge in [0.2, 0.25) is 10.0 Å². The van der Waals surface area contributed by atoms with E-state index in [-0.39, 0.29) is 4.90 Å². The molecule has 0 aliphatic heterocycles. The second-order valence-electron chi connectivity index (χ2n) is 4.56. The summed E-state index contributed by atoms with van der Waals surface area (Å²) in [6.45, 7) is 6.46. The average molecular weight is 335 g/mol. The number of nitrogens with zero attached hydrogens (tertiary/aromatic N) is 1. The molecule has 1 aromatic rings. The van der Waals surface area contributed by atoms with Gasteiger partial charge in [0.05, 0.1) is 11.5 Å². The Bertz CT molecular complexity index is 549. The van der Waals surface area contributed by atoms with Gasteiger partial charge in [-0.2, -0.15) is 4.31 Å². The standard InChI is InChI=1S/C14H23ClN2O3S/c1-4-16-11-12-10-13(6-7-14(12)15)21(18,19)17(3)8-9-20-5-2/h6-7,10,16H,4-5,8-9,11H2,1-3H3. The fourth-order valence-electron chi connectivity index (χ4n) is 1.74. The van der Waals surface area contributed by atoms with E-state index in [1.54, 1.807) is 19.2 Å². The number of nitrogens with one attached hydrogen (secondary N) is 1. The third-order valence-electron chi connectivity index (χ3n) is 3.05. The lowest BCUT2D eigenvalue weighted by molar-refractivity contribution is 0.138. The first-order chi connectivity index (χ1) is 9.93. The summed E-state index contributed by atoms with van der Waals surface area (Å²) >= 11 is 6.10. The highest BCUT2D eigenvalue weighted by Crippen LogP contribution is 2.22. The molecule has 0 aromatic heterocycles. The van der Waals surface area contributed by atoms with Crippen LogP contribution in [0.3, 0.4) is 0 Å². The minimum Gasteiger partial charge on any atom is -0.380 e. The van der Waals surface area contributed by atoms with Crippen molar-refractivity contribution in [3.63, 3.8) is 0 Å². The van der Waals surface area contributed by atoms with E-state index in [0.29, 0.717) is 31.3 Å². The fourth-order valence-corrected chi connectivity index (χ4v) is 3.13. The molecule has 21 heavy (non-hydrogen) atoms. The Labute approximate surface area is 132 Å². The summed E-state index contributed by atoms with van der Waals surface area (Å²) in [4.78, 5) is 0.249. The molecule has 0 amide bonds. The summed E-state index contributed by atoms with van der Waals surface area (Å²) in [6, 6.07) is 4.78.